The number of hydrogen-bond donors (Lipinski definition) is 0. The van der Waals surface area contributed by atoms with E-state index in [1.807, 2.05) is 36.4 Å². The topological polar surface area (TPSA) is 72.9 Å². The van der Waals surface area contributed by atoms with Crippen molar-refractivity contribution in [2.45, 2.75) is 4.90 Å². The molecule has 0 saturated carbocycles. The van der Waals surface area contributed by atoms with Crippen molar-refractivity contribution in [1.29, 1.82) is 0 Å². The molecule has 27 heavy (non-hydrogen) atoms. The van der Waals surface area contributed by atoms with Crippen molar-refractivity contribution in [2.24, 2.45) is 0 Å². The van der Waals surface area contributed by atoms with Crippen molar-refractivity contribution in [3.05, 3.63) is 71.8 Å². The van der Waals surface area contributed by atoms with Crippen molar-refractivity contribution in [3.8, 4) is 0 Å². The zero-order valence-electron chi connectivity index (χ0n) is 14.8. The van der Waals surface area contributed by atoms with Crippen LogP contribution in [0, 0.1) is 0 Å². The fourth-order valence-corrected chi connectivity index (χ4v) is 4.13. The van der Waals surface area contributed by atoms with Crippen LogP contribution >= 0.6 is 0 Å². The molecule has 0 N–H and O–H groups in total. The van der Waals surface area contributed by atoms with E-state index in [2.05, 4.69) is 0 Å². The lowest BCUT2D eigenvalue weighted by molar-refractivity contribution is 0.0549. The second-order valence-corrected chi connectivity index (χ2v) is 7.89. The molecular formula is C20H21NO5S. The van der Waals surface area contributed by atoms with Crippen LogP contribution in [0.4, 0.5) is 0 Å². The number of rotatable bonds is 6. The Kier molecular flexibility index (Phi) is 6.39. The number of ether oxygens (including phenoxy) is 2. The largest absolute Gasteiger partial charge is 0.458 e. The first-order valence-electron chi connectivity index (χ1n) is 8.64. The predicted octanol–water partition coefficient (Wildman–Crippen LogP) is 2.58. The highest BCUT2D eigenvalue weighted by atomic mass is 32.2. The molecule has 7 heteroatoms. The molecule has 1 aliphatic rings. The predicted molar refractivity (Wildman–Crippen MR) is 102 cm³/mol. The molecule has 0 radical (unpaired) electrons. The van der Waals surface area contributed by atoms with Gasteiger partial charge in [0, 0.05) is 13.1 Å². The summed E-state index contributed by atoms with van der Waals surface area (Å²) in [5, 5.41) is 0. The molecule has 0 aliphatic carbocycles. The lowest BCUT2D eigenvalue weighted by Crippen LogP contribution is -2.40. The smallest absolute Gasteiger partial charge is 0.338 e. The van der Waals surface area contributed by atoms with Gasteiger partial charge in [0.2, 0.25) is 10.0 Å². The van der Waals surface area contributed by atoms with Crippen molar-refractivity contribution in [2.75, 3.05) is 32.9 Å². The zero-order chi connectivity index (χ0) is 19.1. The molecule has 0 aromatic heterocycles. The minimum atomic E-state index is -3.65. The van der Waals surface area contributed by atoms with E-state index in [0.717, 1.165) is 5.56 Å². The molecule has 0 spiro atoms. The van der Waals surface area contributed by atoms with Crippen LogP contribution in [0.1, 0.15) is 15.9 Å². The Morgan fingerprint density at radius 3 is 2.56 bits per heavy atom. The number of carbonyl (C=O) groups excluding carboxylic acids is 1. The van der Waals surface area contributed by atoms with Crippen molar-refractivity contribution >= 4 is 22.1 Å². The number of esters is 1. The second-order valence-electron chi connectivity index (χ2n) is 5.96. The van der Waals surface area contributed by atoms with Gasteiger partial charge in [-0.3, -0.25) is 0 Å². The van der Waals surface area contributed by atoms with E-state index in [9.17, 15) is 13.2 Å². The molecule has 0 unspecified atom stereocenters. The Hall–Kier alpha value is -2.48. The average Bonchev–Trinajstić information content (AvgIpc) is 2.72. The molecule has 2 aromatic rings. The Morgan fingerprint density at radius 1 is 1.07 bits per heavy atom. The molecule has 6 nitrogen and oxygen atoms in total. The molecule has 0 atom stereocenters. The average molecular weight is 387 g/mol. The van der Waals surface area contributed by atoms with Crippen LogP contribution in [-0.4, -0.2) is 51.6 Å². The van der Waals surface area contributed by atoms with Crippen LogP contribution in [0.3, 0.4) is 0 Å². The summed E-state index contributed by atoms with van der Waals surface area (Å²) >= 11 is 0. The number of carbonyl (C=O) groups is 1. The van der Waals surface area contributed by atoms with E-state index in [0.29, 0.717) is 26.3 Å². The summed E-state index contributed by atoms with van der Waals surface area (Å²) in [5.74, 6) is -0.563. The van der Waals surface area contributed by atoms with Gasteiger partial charge in [-0.15, -0.1) is 0 Å². The van der Waals surface area contributed by atoms with Gasteiger partial charge in [-0.25, -0.2) is 13.2 Å². The van der Waals surface area contributed by atoms with E-state index in [1.165, 1.54) is 16.4 Å². The normalized spacial score (nSPS) is 15.7. The molecule has 1 fully saturated rings. The summed E-state index contributed by atoms with van der Waals surface area (Å²) in [4.78, 5) is 12.3. The van der Waals surface area contributed by atoms with Gasteiger partial charge in [0.25, 0.3) is 0 Å². The number of benzene rings is 2. The number of hydrogen-bond acceptors (Lipinski definition) is 5. The highest BCUT2D eigenvalue weighted by Crippen LogP contribution is 2.18. The maximum atomic E-state index is 12.7. The first kappa shape index (κ1) is 19.3. The van der Waals surface area contributed by atoms with Gasteiger partial charge >= 0.3 is 5.97 Å². The van der Waals surface area contributed by atoms with Crippen LogP contribution in [0.5, 0.6) is 0 Å². The number of nitrogens with zero attached hydrogens (tertiary/aromatic N) is 1. The van der Waals surface area contributed by atoms with Crippen LogP contribution < -0.4 is 0 Å². The van der Waals surface area contributed by atoms with E-state index < -0.39 is 16.0 Å². The second kappa shape index (κ2) is 8.94. The number of sulfonamides is 1. The van der Waals surface area contributed by atoms with E-state index in [-0.39, 0.29) is 17.1 Å². The molecule has 1 heterocycles. The summed E-state index contributed by atoms with van der Waals surface area (Å²) in [7, 11) is -3.65. The monoisotopic (exact) mass is 387 g/mol. The Morgan fingerprint density at radius 2 is 1.81 bits per heavy atom. The van der Waals surface area contributed by atoms with Crippen LogP contribution in [0.2, 0.25) is 0 Å². The van der Waals surface area contributed by atoms with Gasteiger partial charge in [-0.1, -0.05) is 42.5 Å². The molecule has 2 aromatic carbocycles. The first-order valence-corrected chi connectivity index (χ1v) is 10.1. The van der Waals surface area contributed by atoms with Crippen LogP contribution in [0.15, 0.2) is 65.6 Å². The quantitative estimate of drug-likeness (QED) is 0.713. The number of morpholine rings is 1. The Balaban J connectivity index is 1.64. The summed E-state index contributed by atoms with van der Waals surface area (Å²) in [6.07, 6.45) is 3.59. The molecule has 1 aliphatic heterocycles. The Labute approximate surface area is 159 Å². The lowest BCUT2D eigenvalue weighted by atomic mass is 10.2. The molecular weight excluding hydrogens is 366 g/mol. The van der Waals surface area contributed by atoms with Crippen molar-refractivity contribution < 1.29 is 22.7 Å². The van der Waals surface area contributed by atoms with Gasteiger partial charge in [-0.05, 0) is 29.8 Å². The minimum Gasteiger partial charge on any atom is -0.458 e. The third-order valence-corrected chi connectivity index (χ3v) is 5.99. The van der Waals surface area contributed by atoms with Gasteiger partial charge in [0.05, 0.1) is 23.7 Å². The maximum absolute atomic E-state index is 12.7. The zero-order valence-corrected chi connectivity index (χ0v) is 15.6. The summed E-state index contributed by atoms with van der Waals surface area (Å²) in [5.41, 5.74) is 1.21. The van der Waals surface area contributed by atoms with Crippen LogP contribution in [-0.2, 0) is 19.5 Å². The Bertz CT molecular complexity index is 903. The fourth-order valence-electron chi connectivity index (χ4n) is 2.68. The summed E-state index contributed by atoms with van der Waals surface area (Å²) in [6, 6.07) is 15.6. The summed E-state index contributed by atoms with van der Waals surface area (Å²) in [6.45, 7) is 1.46. The SMILES string of the molecule is O=C(OC/C=C/c1ccccc1)c1cccc(S(=O)(=O)N2CCOCC2)c1. The van der Waals surface area contributed by atoms with Crippen molar-refractivity contribution in [3.63, 3.8) is 0 Å². The molecule has 3 rings (SSSR count). The van der Waals surface area contributed by atoms with Crippen LogP contribution in [0.25, 0.3) is 6.08 Å². The van der Waals surface area contributed by atoms with Gasteiger partial charge in [0.1, 0.15) is 6.61 Å². The standard InChI is InChI=1S/C20H21NO5S/c22-20(26-13-5-8-17-6-2-1-3-7-17)18-9-4-10-19(16-18)27(23,24)21-11-14-25-15-12-21/h1-10,16H,11-15H2/b8-5+. The highest BCUT2D eigenvalue weighted by molar-refractivity contribution is 7.89. The van der Waals surface area contributed by atoms with Crippen molar-refractivity contribution in [1.82, 2.24) is 4.31 Å². The maximum Gasteiger partial charge on any atom is 0.338 e. The highest BCUT2D eigenvalue weighted by Gasteiger charge is 2.26. The molecule has 0 amide bonds. The fraction of sp³-hybridized carbons (Fsp3) is 0.250. The van der Waals surface area contributed by atoms with E-state index in [1.54, 1.807) is 18.2 Å². The molecule has 0 bridgehead atoms. The third-order valence-electron chi connectivity index (χ3n) is 4.10. The summed E-state index contributed by atoms with van der Waals surface area (Å²) < 4.78 is 37.1. The lowest BCUT2D eigenvalue weighted by Gasteiger charge is -2.26. The van der Waals surface area contributed by atoms with E-state index in [4.69, 9.17) is 9.47 Å². The van der Waals surface area contributed by atoms with Gasteiger partial charge in [-0.2, -0.15) is 4.31 Å². The third kappa shape index (κ3) is 5.03. The molecule has 142 valence electrons. The van der Waals surface area contributed by atoms with Gasteiger partial charge < -0.3 is 9.47 Å². The molecule has 1 saturated heterocycles. The first-order chi connectivity index (χ1) is 13.1. The van der Waals surface area contributed by atoms with Gasteiger partial charge in [0.15, 0.2) is 0 Å². The minimum absolute atomic E-state index is 0.0821. The van der Waals surface area contributed by atoms with E-state index >= 15 is 0 Å².